The fourth-order valence-electron chi connectivity index (χ4n) is 3.82. The molecule has 0 aliphatic carbocycles. The lowest BCUT2D eigenvalue weighted by atomic mass is 10.0. The van der Waals surface area contributed by atoms with Gasteiger partial charge in [0.25, 0.3) is 0 Å². The zero-order valence-corrected chi connectivity index (χ0v) is 16.0. The minimum atomic E-state index is 0.919. The van der Waals surface area contributed by atoms with Crippen molar-refractivity contribution in [1.29, 1.82) is 0 Å². The summed E-state index contributed by atoms with van der Waals surface area (Å²) in [5.74, 6) is 0. The molecule has 0 atom stereocenters. The second kappa shape index (κ2) is 6.71. The summed E-state index contributed by atoms with van der Waals surface area (Å²) in [6, 6.07) is 27.0. The fourth-order valence-corrected chi connectivity index (χ4v) is 3.82. The van der Waals surface area contributed by atoms with Gasteiger partial charge in [-0.05, 0) is 35.7 Å². The van der Waals surface area contributed by atoms with Gasteiger partial charge in [0.15, 0.2) is 0 Å². The van der Waals surface area contributed by atoms with Crippen molar-refractivity contribution in [2.24, 2.45) is 0 Å². The zero-order chi connectivity index (χ0) is 19.9. The molecule has 4 nitrogen and oxygen atoms in total. The number of rotatable bonds is 2. The van der Waals surface area contributed by atoms with Crippen LogP contribution >= 0.6 is 0 Å². The van der Waals surface area contributed by atoms with Gasteiger partial charge in [0, 0.05) is 39.7 Å². The maximum absolute atomic E-state index is 4.81. The summed E-state index contributed by atoms with van der Waals surface area (Å²) in [7, 11) is 0. The minimum absolute atomic E-state index is 0.919. The van der Waals surface area contributed by atoms with Gasteiger partial charge < -0.3 is 0 Å². The molecule has 0 unspecified atom stereocenters. The Morgan fingerprint density at radius 1 is 0.500 bits per heavy atom. The van der Waals surface area contributed by atoms with Crippen LogP contribution in [0.2, 0.25) is 0 Å². The van der Waals surface area contributed by atoms with Gasteiger partial charge in [-0.2, -0.15) is 0 Å². The van der Waals surface area contributed by atoms with Crippen LogP contribution in [0, 0.1) is 0 Å². The Bertz CT molecular complexity index is 1440. The Labute approximate surface area is 172 Å². The fraction of sp³-hybridized carbons (Fsp3) is 0. The van der Waals surface area contributed by atoms with Crippen molar-refractivity contribution in [2.45, 2.75) is 0 Å². The van der Waals surface area contributed by atoms with Crippen LogP contribution in [-0.4, -0.2) is 19.9 Å². The van der Waals surface area contributed by atoms with Crippen LogP contribution in [0.1, 0.15) is 0 Å². The predicted octanol–water partition coefficient (Wildman–Crippen LogP) is 6.06. The molecule has 30 heavy (non-hydrogen) atoms. The Kier molecular flexibility index (Phi) is 3.74. The van der Waals surface area contributed by atoms with Gasteiger partial charge in [0.05, 0.1) is 22.4 Å². The molecule has 0 radical (unpaired) electrons. The second-order valence-corrected chi connectivity index (χ2v) is 7.32. The normalized spacial score (nSPS) is 11.3. The quantitative estimate of drug-likeness (QED) is 0.364. The van der Waals surface area contributed by atoms with E-state index in [2.05, 4.69) is 64.6 Å². The number of aromatic nitrogens is 4. The predicted molar refractivity (Wildman–Crippen MR) is 121 cm³/mol. The molecular formula is C26H16N4. The number of nitrogens with zero attached hydrogens (tertiary/aromatic N) is 4. The number of pyridine rings is 2. The molecular weight excluding hydrogens is 368 g/mol. The van der Waals surface area contributed by atoms with Crippen molar-refractivity contribution in [1.82, 2.24) is 19.9 Å². The first kappa shape index (κ1) is 16.7. The molecule has 3 aromatic heterocycles. The van der Waals surface area contributed by atoms with Crippen LogP contribution in [0.3, 0.4) is 0 Å². The Morgan fingerprint density at radius 3 is 2.30 bits per heavy atom. The molecule has 3 aromatic carbocycles. The molecule has 3 heterocycles. The third-order valence-corrected chi connectivity index (χ3v) is 5.42. The smallest absolute Gasteiger partial charge is 0.116 e. The minimum Gasteiger partial charge on any atom is -0.256 e. The standard InChI is InChI=1S/C26H16N4/c1-2-4-23-17(3-1)9-10-24(30-23)19-6-5-18-12-25(28-15-22(18)11-19)20-7-8-21-14-27-16-29-26(21)13-20/h1-16H. The van der Waals surface area contributed by atoms with E-state index in [-0.39, 0.29) is 0 Å². The maximum Gasteiger partial charge on any atom is 0.116 e. The number of hydrogen-bond acceptors (Lipinski definition) is 4. The number of hydrogen-bond donors (Lipinski definition) is 0. The van der Waals surface area contributed by atoms with Crippen LogP contribution in [-0.2, 0) is 0 Å². The molecule has 0 bridgehead atoms. The molecule has 4 heteroatoms. The number of benzene rings is 3. The number of fused-ring (bicyclic) bond motifs is 3. The third kappa shape index (κ3) is 2.86. The van der Waals surface area contributed by atoms with Crippen LogP contribution in [0.25, 0.3) is 55.1 Å². The Morgan fingerprint density at radius 2 is 1.33 bits per heavy atom. The lowest BCUT2D eigenvalue weighted by Crippen LogP contribution is -1.88. The molecule has 0 saturated heterocycles. The highest BCUT2D eigenvalue weighted by atomic mass is 14.8. The highest BCUT2D eigenvalue weighted by Crippen LogP contribution is 2.28. The summed E-state index contributed by atoms with van der Waals surface area (Å²) in [5.41, 5.74) is 5.95. The average molecular weight is 384 g/mol. The van der Waals surface area contributed by atoms with Gasteiger partial charge >= 0.3 is 0 Å². The topological polar surface area (TPSA) is 51.6 Å². The largest absolute Gasteiger partial charge is 0.256 e. The molecule has 0 aliphatic rings. The van der Waals surface area contributed by atoms with E-state index in [1.807, 2.05) is 36.7 Å². The average Bonchev–Trinajstić information content (AvgIpc) is 2.83. The van der Waals surface area contributed by atoms with Crippen molar-refractivity contribution >= 4 is 32.6 Å². The lowest BCUT2D eigenvalue weighted by Gasteiger charge is -2.07. The first-order valence-electron chi connectivity index (χ1n) is 9.80. The molecule has 0 spiro atoms. The molecule has 6 aromatic rings. The summed E-state index contributed by atoms with van der Waals surface area (Å²) in [6.07, 6.45) is 5.32. The van der Waals surface area contributed by atoms with Crippen molar-refractivity contribution in [3.8, 4) is 22.5 Å². The molecule has 0 amide bonds. The molecule has 0 fully saturated rings. The first-order valence-corrected chi connectivity index (χ1v) is 9.80. The van der Waals surface area contributed by atoms with Crippen LogP contribution in [0.5, 0.6) is 0 Å². The Balaban J connectivity index is 1.41. The maximum atomic E-state index is 4.81. The van der Waals surface area contributed by atoms with Crippen molar-refractivity contribution < 1.29 is 0 Å². The van der Waals surface area contributed by atoms with Gasteiger partial charge in [-0.25, -0.2) is 15.0 Å². The van der Waals surface area contributed by atoms with E-state index in [4.69, 9.17) is 9.97 Å². The third-order valence-electron chi connectivity index (χ3n) is 5.42. The lowest BCUT2D eigenvalue weighted by molar-refractivity contribution is 1.22. The molecule has 0 saturated carbocycles. The van der Waals surface area contributed by atoms with Gasteiger partial charge in [-0.3, -0.25) is 4.98 Å². The van der Waals surface area contributed by atoms with Crippen molar-refractivity contribution in [3.63, 3.8) is 0 Å². The second-order valence-electron chi connectivity index (χ2n) is 7.32. The Hall–Kier alpha value is -4.18. The van der Waals surface area contributed by atoms with E-state index in [9.17, 15) is 0 Å². The van der Waals surface area contributed by atoms with E-state index in [0.29, 0.717) is 0 Å². The monoisotopic (exact) mass is 384 g/mol. The number of para-hydroxylation sites is 1. The highest BCUT2D eigenvalue weighted by molar-refractivity contribution is 5.91. The summed E-state index contributed by atoms with van der Waals surface area (Å²) in [5, 5.41) is 4.41. The van der Waals surface area contributed by atoms with Crippen molar-refractivity contribution in [3.05, 3.63) is 97.6 Å². The molecule has 6 rings (SSSR count). The van der Waals surface area contributed by atoms with Crippen LogP contribution in [0.15, 0.2) is 97.6 Å². The summed E-state index contributed by atoms with van der Waals surface area (Å²) >= 11 is 0. The van der Waals surface area contributed by atoms with Gasteiger partial charge in [0.1, 0.15) is 6.33 Å². The van der Waals surface area contributed by atoms with Crippen LogP contribution in [0.4, 0.5) is 0 Å². The molecule has 140 valence electrons. The van der Waals surface area contributed by atoms with Gasteiger partial charge in [-0.15, -0.1) is 0 Å². The van der Waals surface area contributed by atoms with E-state index in [0.717, 1.165) is 55.1 Å². The van der Waals surface area contributed by atoms with E-state index >= 15 is 0 Å². The molecule has 0 aliphatic heterocycles. The first-order chi connectivity index (χ1) is 14.8. The summed E-state index contributed by atoms with van der Waals surface area (Å²) in [4.78, 5) is 17.9. The van der Waals surface area contributed by atoms with E-state index < -0.39 is 0 Å². The molecule has 0 N–H and O–H groups in total. The highest BCUT2D eigenvalue weighted by Gasteiger charge is 2.06. The van der Waals surface area contributed by atoms with Gasteiger partial charge in [-0.1, -0.05) is 48.5 Å². The van der Waals surface area contributed by atoms with Gasteiger partial charge in [0.2, 0.25) is 0 Å². The van der Waals surface area contributed by atoms with Crippen molar-refractivity contribution in [2.75, 3.05) is 0 Å². The van der Waals surface area contributed by atoms with Crippen LogP contribution < -0.4 is 0 Å². The zero-order valence-electron chi connectivity index (χ0n) is 16.0. The van der Waals surface area contributed by atoms with E-state index in [1.165, 1.54) is 0 Å². The summed E-state index contributed by atoms with van der Waals surface area (Å²) < 4.78 is 0. The summed E-state index contributed by atoms with van der Waals surface area (Å²) in [6.45, 7) is 0. The van der Waals surface area contributed by atoms with E-state index in [1.54, 1.807) is 6.33 Å². The SMILES string of the molecule is c1ccc2nc(-c3ccc4cc(-c5ccc6cncnc6c5)ncc4c3)ccc2c1.